The quantitative estimate of drug-likeness (QED) is 0.626. The van der Waals surface area contributed by atoms with Gasteiger partial charge in [0.25, 0.3) is 0 Å². The Balaban J connectivity index is 3.09. The van der Waals surface area contributed by atoms with Crippen LogP contribution in [0.1, 0.15) is 10.9 Å². The van der Waals surface area contributed by atoms with E-state index >= 15 is 0 Å². The van der Waals surface area contributed by atoms with Gasteiger partial charge in [-0.3, -0.25) is 0 Å². The second-order valence-corrected chi connectivity index (χ2v) is 6.06. The molecule has 16 heavy (non-hydrogen) atoms. The van der Waals surface area contributed by atoms with Gasteiger partial charge in [0.05, 0.1) is 11.1 Å². The van der Waals surface area contributed by atoms with Gasteiger partial charge in [0.1, 0.15) is 15.7 Å². The van der Waals surface area contributed by atoms with E-state index in [0.717, 1.165) is 6.26 Å². The van der Waals surface area contributed by atoms with Crippen molar-refractivity contribution in [1.29, 1.82) is 0 Å². The van der Waals surface area contributed by atoms with Crippen LogP contribution in [0.4, 0.5) is 13.2 Å². The Morgan fingerprint density at radius 3 is 2.19 bits per heavy atom. The van der Waals surface area contributed by atoms with Gasteiger partial charge >= 0.3 is 0 Å². The molecule has 1 unspecified atom stereocenters. The first-order valence-electron chi connectivity index (χ1n) is 4.17. The van der Waals surface area contributed by atoms with E-state index < -0.39 is 38.4 Å². The second kappa shape index (κ2) is 4.63. The van der Waals surface area contributed by atoms with E-state index in [-0.39, 0.29) is 5.56 Å². The highest BCUT2D eigenvalue weighted by molar-refractivity contribution is 7.90. The lowest BCUT2D eigenvalue weighted by atomic mass is 10.1. The Morgan fingerprint density at radius 2 is 1.69 bits per heavy atom. The Morgan fingerprint density at radius 1 is 1.19 bits per heavy atom. The first-order chi connectivity index (χ1) is 7.20. The molecule has 0 fully saturated rings. The van der Waals surface area contributed by atoms with Gasteiger partial charge in [-0.25, -0.2) is 21.6 Å². The maximum atomic E-state index is 13.2. The molecule has 1 rings (SSSR count). The molecule has 7 heteroatoms. The van der Waals surface area contributed by atoms with Crippen LogP contribution in [-0.4, -0.2) is 20.4 Å². The van der Waals surface area contributed by atoms with Gasteiger partial charge in [-0.2, -0.15) is 0 Å². The molecule has 1 aromatic rings. The van der Waals surface area contributed by atoms with Crippen molar-refractivity contribution in [1.82, 2.24) is 0 Å². The number of hydrogen-bond donors (Lipinski definition) is 0. The highest BCUT2D eigenvalue weighted by atomic mass is 35.5. The second-order valence-electron chi connectivity index (χ2n) is 3.35. The van der Waals surface area contributed by atoms with Gasteiger partial charge in [0.15, 0.2) is 11.6 Å². The molecule has 1 aromatic carbocycles. The fraction of sp³-hybridized carbons (Fsp3) is 0.333. The minimum atomic E-state index is -3.43. The summed E-state index contributed by atoms with van der Waals surface area (Å²) in [6.07, 6.45) is 0.917. The zero-order chi connectivity index (χ0) is 12.5. The first kappa shape index (κ1) is 13.3. The Labute approximate surface area is 96.0 Å². The Bertz CT molecular complexity index is 502. The van der Waals surface area contributed by atoms with Crippen LogP contribution >= 0.6 is 11.6 Å². The van der Waals surface area contributed by atoms with Crippen molar-refractivity contribution < 1.29 is 21.6 Å². The fourth-order valence-electron chi connectivity index (χ4n) is 1.13. The third-order valence-corrected chi connectivity index (χ3v) is 3.34. The fourth-order valence-corrected chi connectivity index (χ4v) is 2.70. The van der Waals surface area contributed by atoms with Crippen LogP contribution in [0.15, 0.2) is 12.1 Å². The predicted octanol–water partition coefficient (Wildman–Crippen LogP) is 2.43. The zero-order valence-electron chi connectivity index (χ0n) is 8.18. The van der Waals surface area contributed by atoms with E-state index in [9.17, 15) is 21.6 Å². The van der Waals surface area contributed by atoms with Crippen LogP contribution in [0.5, 0.6) is 0 Å². The van der Waals surface area contributed by atoms with E-state index in [2.05, 4.69) is 0 Å². The summed E-state index contributed by atoms with van der Waals surface area (Å²) in [6.45, 7) is 0. The van der Waals surface area contributed by atoms with Crippen molar-refractivity contribution in [3.05, 3.63) is 35.1 Å². The molecule has 2 nitrogen and oxygen atoms in total. The van der Waals surface area contributed by atoms with Gasteiger partial charge in [-0.05, 0) is 6.07 Å². The molecule has 0 amide bonds. The van der Waals surface area contributed by atoms with Gasteiger partial charge in [-0.1, -0.05) is 0 Å². The summed E-state index contributed by atoms with van der Waals surface area (Å²) in [7, 11) is -3.43. The normalized spacial score (nSPS) is 13.8. The summed E-state index contributed by atoms with van der Waals surface area (Å²) in [5, 5.41) is -1.25. The zero-order valence-corrected chi connectivity index (χ0v) is 9.75. The molecule has 0 N–H and O–H groups in total. The molecule has 0 aliphatic heterocycles. The van der Waals surface area contributed by atoms with Crippen molar-refractivity contribution in [3.63, 3.8) is 0 Å². The summed E-state index contributed by atoms with van der Waals surface area (Å²) >= 11 is 5.61. The van der Waals surface area contributed by atoms with E-state index in [1.165, 1.54) is 0 Å². The van der Waals surface area contributed by atoms with E-state index in [1.54, 1.807) is 0 Å². The van der Waals surface area contributed by atoms with E-state index in [4.69, 9.17) is 11.6 Å². The van der Waals surface area contributed by atoms with Crippen LogP contribution in [0.3, 0.4) is 0 Å². The summed E-state index contributed by atoms with van der Waals surface area (Å²) in [5.74, 6) is -4.22. The SMILES string of the molecule is CS(=O)(=O)CC(Cl)c1cc(F)c(F)cc1F. The predicted molar refractivity (Wildman–Crippen MR) is 54.6 cm³/mol. The van der Waals surface area contributed by atoms with Crippen molar-refractivity contribution in [2.24, 2.45) is 0 Å². The Hall–Kier alpha value is -0.750. The standard InChI is InChI=1S/C9H8ClF3O2S/c1-16(14,15)4-6(10)5-2-8(12)9(13)3-7(5)11/h2-3,6H,4H2,1H3. The topological polar surface area (TPSA) is 34.1 Å². The van der Waals surface area contributed by atoms with E-state index in [0.29, 0.717) is 12.1 Å². The van der Waals surface area contributed by atoms with Crippen LogP contribution in [0.25, 0.3) is 0 Å². The smallest absolute Gasteiger partial charge is 0.161 e. The number of sulfone groups is 1. The van der Waals surface area contributed by atoms with Gasteiger partial charge in [0, 0.05) is 17.9 Å². The average molecular weight is 273 g/mol. The van der Waals surface area contributed by atoms with Crippen molar-refractivity contribution in [2.45, 2.75) is 5.38 Å². The molecule has 1 atom stereocenters. The van der Waals surface area contributed by atoms with Crippen LogP contribution < -0.4 is 0 Å². The molecule has 0 radical (unpaired) electrons. The van der Waals surface area contributed by atoms with Crippen LogP contribution in [0, 0.1) is 17.5 Å². The number of alkyl halides is 1. The summed E-state index contributed by atoms with van der Waals surface area (Å²) in [6, 6.07) is 0.899. The van der Waals surface area contributed by atoms with Crippen molar-refractivity contribution in [3.8, 4) is 0 Å². The van der Waals surface area contributed by atoms with Gasteiger partial charge < -0.3 is 0 Å². The number of hydrogen-bond acceptors (Lipinski definition) is 2. The van der Waals surface area contributed by atoms with Crippen molar-refractivity contribution >= 4 is 21.4 Å². The lowest BCUT2D eigenvalue weighted by Crippen LogP contribution is -2.10. The Kier molecular flexibility index (Phi) is 3.85. The molecule has 0 aliphatic rings. The maximum absolute atomic E-state index is 13.2. The minimum Gasteiger partial charge on any atom is -0.229 e. The highest BCUT2D eigenvalue weighted by Gasteiger charge is 2.20. The molecule has 0 heterocycles. The van der Waals surface area contributed by atoms with Crippen LogP contribution in [0.2, 0.25) is 0 Å². The molecule has 0 aliphatic carbocycles. The monoisotopic (exact) mass is 272 g/mol. The van der Waals surface area contributed by atoms with Gasteiger partial charge in [-0.15, -0.1) is 11.6 Å². The van der Waals surface area contributed by atoms with Crippen molar-refractivity contribution in [2.75, 3.05) is 12.0 Å². The third kappa shape index (κ3) is 3.38. The molecule has 0 bridgehead atoms. The summed E-state index contributed by atoms with van der Waals surface area (Å²) in [4.78, 5) is 0. The molecule has 0 spiro atoms. The maximum Gasteiger partial charge on any atom is 0.161 e. The van der Waals surface area contributed by atoms with Gasteiger partial charge in [0.2, 0.25) is 0 Å². The first-order valence-corrected chi connectivity index (χ1v) is 6.66. The molecule has 0 aromatic heterocycles. The number of halogens is 4. The van der Waals surface area contributed by atoms with E-state index in [1.807, 2.05) is 0 Å². The number of benzene rings is 1. The average Bonchev–Trinajstić information content (AvgIpc) is 2.08. The lowest BCUT2D eigenvalue weighted by Gasteiger charge is -2.10. The number of rotatable bonds is 3. The highest BCUT2D eigenvalue weighted by Crippen LogP contribution is 2.26. The molecule has 0 saturated heterocycles. The molecular weight excluding hydrogens is 265 g/mol. The third-order valence-electron chi connectivity index (χ3n) is 1.83. The summed E-state index contributed by atoms with van der Waals surface area (Å²) < 4.78 is 60.4. The van der Waals surface area contributed by atoms with Crippen LogP contribution in [-0.2, 0) is 9.84 Å². The molecular formula is C9H8ClF3O2S. The molecule has 90 valence electrons. The summed E-state index contributed by atoms with van der Waals surface area (Å²) in [5.41, 5.74) is -0.369. The minimum absolute atomic E-state index is 0.336. The lowest BCUT2D eigenvalue weighted by molar-refractivity contribution is 0.490. The largest absolute Gasteiger partial charge is 0.229 e. The molecule has 0 saturated carbocycles.